The molecule has 0 aliphatic carbocycles. The molecule has 0 aromatic rings. The Hall–Kier alpha value is 0.974. The third-order valence-electron chi connectivity index (χ3n) is 0. The maximum Gasteiger partial charge on any atom is 0 e. The smallest absolute Gasteiger partial charge is 0 e. The molecular weight excluding hydrogens is 349 g/mol. The van der Waals surface area contributed by atoms with Crippen LogP contribution in [0.1, 0.15) is 0 Å². The zero-order valence-electron chi connectivity index (χ0n) is 6.48. The van der Waals surface area contributed by atoms with Crippen LogP contribution in [-0.4, -0.2) is 0 Å². The Labute approximate surface area is 105 Å². The third-order valence-corrected chi connectivity index (χ3v) is 0. The number of halogens is 3. The Morgan fingerprint density at radius 2 is 0.312 bits per heavy atom. The van der Waals surface area contributed by atoms with Gasteiger partial charge in [0.2, 0.25) is 0 Å². The molecular formula is Cl3O12V-3. The fourth-order valence-corrected chi connectivity index (χ4v) is 0. The van der Waals surface area contributed by atoms with Gasteiger partial charge in [-0.05, 0) is 0 Å². The van der Waals surface area contributed by atoms with E-state index in [0.29, 0.717) is 0 Å². The molecule has 0 aromatic carbocycles. The SMILES string of the molecule is [O-][Cl+3]([O-])([O-])[O-].[O-][Cl+3]([O-])([O-])[O-].[O-][Cl+3]([O-])([O-])[O-].[V]. The molecule has 16 heteroatoms. The minimum atomic E-state index is -4.94. The first-order valence-electron chi connectivity index (χ1n) is 1.85. The second kappa shape index (κ2) is 9.95. The van der Waals surface area contributed by atoms with Gasteiger partial charge in [0.25, 0.3) is 0 Å². The number of hydrogen-bond donors (Lipinski definition) is 0. The molecule has 16 heavy (non-hydrogen) atoms. The van der Waals surface area contributed by atoms with Crippen molar-refractivity contribution in [3.05, 3.63) is 0 Å². The first-order chi connectivity index (χ1) is 6.00. The van der Waals surface area contributed by atoms with Crippen LogP contribution in [0, 0.1) is 30.7 Å². The second-order valence-corrected chi connectivity index (χ2v) is 3.40. The van der Waals surface area contributed by atoms with Gasteiger partial charge in [0, 0.05) is 18.6 Å². The van der Waals surface area contributed by atoms with E-state index in [1.165, 1.54) is 0 Å². The van der Waals surface area contributed by atoms with Crippen molar-refractivity contribution < 1.29 is 105 Å². The summed E-state index contributed by atoms with van der Waals surface area (Å²) < 4.78 is 102. The molecule has 0 N–H and O–H groups in total. The van der Waals surface area contributed by atoms with Gasteiger partial charge in [-0.15, -0.1) is 30.7 Å². The van der Waals surface area contributed by atoms with E-state index in [0.717, 1.165) is 0 Å². The first kappa shape index (κ1) is 25.7. The van der Waals surface area contributed by atoms with Crippen molar-refractivity contribution >= 4 is 0 Å². The van der Waals surface area contributed by atoms with Crippen molar-refractivity contribution in [2.45, 2.75) is 0 Å². The standard InChI is InChI=1S/3ClHO4.V/c3*2-1(3,4)5;/h3*(H,2,3,4,5);/p-3. The van der Waals surface area contributed by atoms with Gasteiger partial charge in [-0.2, -0.15) is 0 Å². The van der Waals surface area contributed by atoms with Crippen LogP contribution in [0.15, 0.2) is 0 Å². The maximum atomic E-state index is 8.49. The molecule has 0 bridgehead atoms. The first-order valence-corrected chi connectivity index (χ1v) is 5.55. The monoisotopic (exact) mass is 348 g/mol. The Kier molecular flexibility index (Phi) is 16.0. The van der Waals surface area contributed by atoms with Crippen molar-refractivity contribution in [2.24, 2.45) is 0 Å². The molecule has 12 nitrogen and oxygen atoms in total. The molecule has 0 saturated carbocycles. The van der Waals surface area contributed by atoms with Gasteiger partial charge in [0.1, 0.15) is 0 Å². The molecule has 101 valence electrons. The number of hydrogen-bond acceptors (Lipinski definition) is 12. The molecule has 0 aromatic heterocycles. The van der Waals surface area contributed by atoms with E-state index >= 15 is 0 Å². The minimum absolute atomic E-state index is 0. The molecule has 1 radical (unpaired) electrons. The van der Waals surface area contributed by atoms with Crippen LogP contribution in [0.3, 0.4) is 0 Å². The summed E-state index contributed by atoms with van der Waals surface area (Å²) in [6, 6.07) is 0. The molecule has 0 aliphatic rings. The van der Waals surface area contributed by atoms with Crippen LogP contribution in [-0.2, 0) is 18.6 Å². The predicted molar refractivity (Wildman–Crippen MR) is 0 cm³/mol. The summed E-state index contributed by atoms with van der Waals surface area (Å²) in [6.45, 7) is 0. The Morgan fingerprint density at radius 1 is 0.312 bits per heavy atom. The summed E-state index contributed by atoms with van der Waals surface area (Å²) in [5, 5.41) is 0. The summed E-state index contributed by atoms with van der Waals surface area (Å²) in [6.07, 6.45) is 0. The van der Waals surface area contributed by atoms with E-state index in [4.69, 9.17) is 55.9 Å². The van der Waals surface area contributed by atoms with Crippen LogP contribution in [0.25, 0.3) is 0 Å². The van der Waals surface area contributed by atoms with Crippen molar-refractivity contribution in [3.8, 4) is 0 Å². The van der Waals surface area contributed by atoms with Crippen LogP contribution in [0.2, 0.25) is 0 Å². The molecule has 0 saturated heterocycles. The average molecular weight is 349 g/mol. The third kappa shape index (κ3) is 3080. The van der Waals surface area contributed by atoms with Crippen molar-refractivity contribution in [3.63, 3.8) is 0 Å². The Bertz CT molecular complexity index is 91.3. The van der Waals surface area contributed by atoms with E-state index in [2.05, 4.69) is 0 Å². The molecule has 0 spiro atoms. The van der Waals surface area contributed by atoms with E-state index in [9.17, 15) is 0 Å². The molecule has 0 fully saturated rings. The van der Waals surface area contributed by atoms with Gasteiger partial charge < -0.3 is 0 Å². The minimum Gasteiger partial charge on any atom is -0.222 e. The van der Waals surface area contributed by atoms with Crippen LogP contribution in [0.5, 0.6) is 0 Å². The largest absolute Gasteiger partial charge is 0.222 e. The summed E-state index contributed by atoms with van der Waals surface area (Å²) in [5.74, 6) is 0. The van der Waals surface area contributed by atoms with Gasteiger partial charge in [-0.25, -0.2) is 55.9 Å². The molecule has 0 amide bonds. The van der Waals surface area contributed by atoms with Crippen LogP contribution >= 0.6 is 0 Å². The van der Waals surface area contributed by atoms with Crippen LogP contribution in [0.4, 0.5) is 0 Å². The van der Waals surface area contributed by atoms with Gasteiger partial charge in [0.15, 0.2) is 0 Å². The van der Waals surface area contributed by atoms with Gasteiger partial charge in [0.05, 0.1) is 0 Å². The zero-order chi connectivity index (χ0) is 13.5. The molecule has 0 unspecified atom stereocenters. The number of rotatable bonds is 0. The average Bonchev–Trinajstić information content (AvgIpc) is 1.41. The quantitative estimate of drug-likeness (QED) is 0.393. The zero-order valence-corrected chi connectivity index (χ0v) is 10.1. The maximum absolute atomic E-state index is 8.49. The second-order valence-electron chi connectivity index (χ2n) is 1.13. The van der Waals surface area contributed by atoms with E-state index in [-0.39, 0.29) is 18.6 Å². The van der Waals surface area contributed by atoms with Crippen molar-refractivity contribution in [2.75, 3.05) is 0 Å². The van der Waals surface area contributed by atoms with E-state index in [1.54, 1.807) is 0 Å². The molecule has 0 atom stereocenters. The predicted octanol–water partition coefficient (Wildman–Crippen LogP) is -14.3. The molecule has 0 aliphatic heterocycles. The van der Waals surface area contributed by atoms with Crippen LogP contribution < -0.4 is 55.9 Å². The molecule has 0 rings (SSSR count). The van der Waals surface area contributed by atoms with Crippen molar-refractivity contribution in [1.82, 2.24) is 0 Å². The fourth-order valence-electron chi connectivity index (χ4n) is 0. The van der Waals surface area contributed by atoms with Gasteiger partial charge in [-0.1, -0.05) is 0 Å². The summed E-state index contributed by atoms with van der Waals surface area (Å²) in [7, 11) is -14.8. The Balaban J connectivity index is -0.0000000655. The normalized spacial score (nSPS) is 11.2. The summed E-state index contributed by atoms with van der Waals surface area (Å²) in [5.41, 5.74) is 0. The summed E-state index contributed by atoms with van der Waals surface area (Å²) >= 11 is 0. The molecule has 0 heterocycles. The topological polar surface area (TPSA) is 277 Å². The van der Waals surface area contributed by atoms with Gasteiger partial charge in [-0.3, -0.25) is 0 Å². The Morgan fingerprint density at radius 3 is 0.312 bits per heavy atom. The fraction of sp³-hybridized carbons (Fsp3) is 0. The van der Waals surface area contributed by atoms with E-state index in [1.807, 2.05) is 0 Å². The van der Waals surface area contributed by atoms with Crippen molar-refractivity contribution in [1.29, 1.82) is 0 Å². The van der Waals surface area contributed by atoms with Gasteiger partial charge >= 0.3 is 0 Å². The van der Waals surface area contributed by atoms with E-state index < -0.39 is 30.7 Å². The summed E-state index contributed by atoms with van der Waals surface area (Å²) in [4.78, 5) is 0.